The van der Waals surface area contributed by atoms with Gasteiger partial charge in [-0.2, -0.15) is 0 Å². The topological polar surface area (TPSA) is 35.6 Å². The predicted octanol–water partition coefficient (Wildman–Crippen LogP) is 3.07. The Morgan fingerprint density at radius 2 is 1.54 bits per heavy atom. The lowest BCUT2D eigenvalue weighted by Crippen LogP contribution is -2.47. The summed E-state index contributed by atoms with van der Waals surface area (Å²) >= 11 is 0. The normalized spacial score (nSPS) is 22.3. The highest BCUT2D eigenvalue weighted by Gasteiger charge is 2.31. The van der Waals surface area contributed by atoms with Gasteiger partial charge in [-0.05, 0) is 76.7 Å². The van der Waals surface area contributed by atoms with Gasteiger partial charge in [0.2, 0.25) is 5.91 Å². The summed E-state index contributed by atoms with van der Waals surface area (Å²) in [7, 11) is 2.22. The smallest absolute Gasteiger partial charge is 0.244 e. The number of para-hydroxylation sites is 1. The van der Waals surface area contributed by atoms with Gasteiger partial charge in [-0.15, -0.1) is 0 Å². The van der Waals surface area contributed by atoms with Crippen molar-refractivity contribution in [2.24, 2.45) is 11.8 Å². The molecule has 4 heteroatoms. The number of piperidine rings is 2. The molecule has 2 aliphatic rings. The van der Waals surface area contributed by atoms with Crippen molar-refractivity contribution in [3.05, 3.63) is 30.3 Å². The van der Waals surface area contributed by atoms with Crippen molar-refractivity contribution >= 4 is 11.6 Å². The second-order valence-electron chi connectivity index (χ2n) is 7.54. The molecular formula is C20H31N3O. The maximum Gasteiger partial charge on any atom is 0.244 e. The maximum absolute atomic E-state index is 12.7. The van der Waals surface area contributed by atoms with Crippen LogP contribution in [0, 0.1) is 11.8 Å². The molecule has 4 nitrogen and oxygen atoms in total. The number of likely N-dealkylation sites (tertiary alicyclic amines) is 2. The summed E-state index contributed by atoms with van der Waals surface area (Å²) in [6, 6.07) is 9.84. The highest BCUT2D eigenvalue weighted by molar-refractivity contribution is 5.84. The van der Waals surface area contributed by atoms with Gasteiger partial charge < -0.3 is 15.1 Å². The summed E-state index contributed by atoms with van der Waals surface area (Å²) in [5, 5.41) is 3.32. The molecule has 3 rings (SSSR count). The quantitative estimate of drug-likeness (QED) is 0.922. The van der Waals surface area contributed by atoms with Crippen LogP contribution in [0.3, 0.4) is 0 Å². The number of carbonyl (C=O) groups excluding carboxylic acids is 1. The molecule has 132 valence electrons. The molecule has 24 heavy (non-hydrogen) atoms. The van der Waals surface area contributed by atoms with Gasteiger partial charge >= 0.3 is 0 Å². The minimum atomic E-state index is -0.160. The third kappa shape index (κ3) is 4.29. The Hall–Kier alpha value is -1.55. The average molecular weight is 329 g/mol. The lowest BCUT2D eigenvalue weighted by Gasteiger charge is -2.40. The van der Waals surface area contributed by atoms with Gasteiger partial charge in [-0.25, -0.2) is 0 Å². The molecule has 0 aromatic heterocycles. The summed E-state index contributed by atoms with van der Waals surface area (Å²) in [4.78, 5) is 17.2. The summed E-state index contributed by atoms with van der Waals surface area (Å²) in [6.07, 6.45) is 5.03. The fourth-order valence-corrected chi connectivity index (χ4v) is 4.21. The second kappa shape index (κ2) is 8.02. The van der Waals surface area contributed by atoms with Crippen LogP contribution in [0.1, 0.15) is 32.6 Å². The molecule has 1 atom stereocenters. The Bertz CT molecular complexity index is 517. The molecule has 2 fully saturated rings. The molecule has 2 saturated heterocycles. The van der Waals surface area contributed by atoms with Crippen molar-refractivity contribution < 1.29 is 4.79 Å². The van der Waals surface area contributed by atoms with Crippen LogP contribution in [0.5, 0.6) is 0 Å². The van der Waals surface area contributed by atoms with Crippen LogP contribution in [0.4, 0.5) is 5.69 Å². The fourth-order valence-electron chi connectivity index (χ4n) is 4.21. The first-order valence-electron chi connectivity index (χ1n) is 9.42. The van der Waals surface area contributed by atoms with E-state index in [1.165, 1.54) is 38.8 Å². The summed E-state index contributed by atoms with van der Waals surface area (Å²) in [5.41, 5.74) is 1.01. The van der Waals surface area contributed by atoms with Crippen LogP contribution in [-0.2, 0) is 4.79 Å². The Morgan fingerprint density at radius 1 is 1.00 bits per heavy atom. The van der Waals surface area contributed by atoms with Crippen LogP contribution in [0.25, 0.3) is 0 Å². The predicted molar refractivity (Wildman–Crippen MR) is 99.1 cm³/mol. The average Bonchev–Trinajstić information content (AvgIpc) is 2.63. The number of amides is 1. The zero-order chi connectivity index (χ0) is 16.9. The SMILES string of the molecule is C[C@@H](Nc1ccccc1)C(=O)N1CCC(C2CCN(C)CC2)CC1. The van der Waals surface area contributed by atoms with Gasteiger partial charge in [0.15, 0.2) is 0 Å². The monoisotopic (exact) mass is 329 g/mol. The molecule has 0 saturated carbocycles. The summed E-state index contributed by atoms with van der Waals surface area (Å²) in [5.74, 6) is 1.93. The van der Waals surface area contributed by atoms with E-state index in [1.54, 1.807) is 0 Å². The van der Waals surface area contributed by atoms with E-state index in [9.17, 15) is 4.79 Å². The van der Waals surface area contributed by atoms with Gasteiger partial charge in [-0.1, -0.05) is 18.2 Å². The first kappa shape index (κ1) is 17.3. The largest absolute Gasteiger partial charge is 0.374 e. The van der Waals surface area contributed by atoms with Gasteiger partial charge in [0.05, 0.1) is 0 Å². The van der Waals surface area contributed by atoms with Crippen molar-refractivity contribution in [2.45, 2.75) is 38.6 Å². The minimum absolute atomic E-state index is 0.160. The van der Waals surface area contributed by atoms with Gasteiger partial charge in [0.1, 0.15) is 6.04 Å². The van der Waals surface area contributed by atoms with Gasteiger partial charge in [0, 0.05) is 18.8 Å². The van der Waals surface area contributed by atoms with E-state index in [2.05, 4.69) is 22.2 Å². The van der Waals surface area contributed by atoms with Crippen LogP contribution >= 0.6 is 0 Å². The third-order valence-electron chi connectivity index (χ3n) is 5.81. The molecule has 0 bridgehead atoms. The Kier molecular flexibility index (Phi) is 5.77. The van der Waals surface area contributed by atoms with Crippen molar-refractivity contribution in [3.8, 4) is 0 Å². The molecule has 0 unspecified atom stereocenters. The van der Waals surface area contributed by atoms with E-state index in [0.717, 1.165) is 30.6 Å². The molecule has 0 radical (unpaired) electrons. The molecule has 0 aliphatic carbocycles. The fraction of sp³-hybridized carbons (Fsp3) is 0.650. The molecule has 1 aromatic carbocycles. The van der Waals surface area contributed by atoms with Crippen LogP contribution in [0.2, 0.25) is 0 Å². The Morgan fingerprint density at radius 3 is 2.12 bits per heavy atom. The van der Waals surface area contributed by atoms with Crippen LogP contribution in [0.15, 0.2) is 30.3 Å². The molecule has 1 aromatic rings. The van der Waals surface area contributed by atoms with Crippen molar-refractivity contribution in [3.63, 3.8) is 0 Å². The number of nitrogens with one attached hydrogen (secondary N) is 1. The number of hydrogen-bond acceptors (Lipinski definition) is 3. The summed E-state index contributed by atoms with van der Waals surface area (Å²) in [6.45, 7) is 6.30. The van der Waals surface area contributed by atoms with Gasteiger partial charge in [0.25, 0.3) is 0 Å². The van der Waals surface area contributed by atoms with E-state index in [-0.39, 0.29) is 11.9 Å². The standard InChI is InChI=1S/C20H31N3O/c1-16(21-19-6-4-3-5-7-19)20(24)23-14-10-18(11-15-23)17-8-12-22(2)13-9-17/h3-7,16-18,21H,8-15H2,1-2H3/t16-/m1/s1. The number of nitrogens with zero attached hydrogens (tertiary/aromatic N) is 2. The maximum atomic E-state index is 12.7. The molecule has 1 N–H and O–H groups in total. The van der Waals surface area contributed by atoms with Crippen molar-refractivity contribution in [1.82, 2.24) is 9.80 Å². The second-order valence-corrected chi connectivity index (χ2v) is 7.54. The van der Waals surface area contributed by atoms with Crippen molar-refractivity contribution in [1.29, 1.82) is 0 Å². The minimum Gasteiger partial charge on any atom is -0.374 e. The highest BCUT2D eigenvalue weighted by Crippen LogP contribution is 2.32. The lowest BCUT2D eigenvalue weighted by atomic mass is 9.79. The lowest BCUT2D eigenvalue weighted by molar-refractivity contribution is -0.133. The van der Waals surface area contributed by atoms with E-state index >= 15 is 0 Å². The summed E-state index contributed by atoms with van der Waals surface area (Å²) < 4.78 is 0. The van der Waals surface area contributed by atoms with Crippen molar-refractivity contribution in [2.75, 3.05) is 38.5 Å². The molecular weight excluding hydrogens is 298 g/mol. The Balaban J connectivity index is 1.46. The van der Waals surface area contributed by atoms with E-state index in [4.69, 9.17) is 0 Å². The number of carbonyl (C=O) groups is 1. The van der Waals surface area contributed by atoms with Gasteiger partial charge in [-0.3, -0.25) is 4.79 Å². The first-order valence-corrected chi connectivity index (χ1v) is 9.42. The number of anilines is 1. The number of rotatable bonds is 4. The molecule has 2 aliphatic heterocycles. The van der Waals surface area contributed by atoms with E-state index in [1.807, 2.05) is 37.3 Å². The molecule has 2 heterocycles. The highest BCUT2D eigenvalue weighted by atomic mass is 16.2. The first-order chi connectivity index (χ1) is 11.6. The zero-order valence-electron chi connectivity index (χ0n) is 15.1. The number of hydrogen-bond donors (Lipinski definition) is 1. The number of benzene rings is 1. The third-order valence-corrected chi connectivity index (χ3v) is 5.81. The zero-order valence-corrected chi connectivity index (χ0v) is 15.1. The molecule has 1 amide bonds. The van der Waals surface area contributed by atoms with Crippen LogP contribution < -0.4 is 5.32 Å². The Labute approximate surface area is 146 Å². The van der Waals surface area contributed by atoms with E-state index < -0.39 is 0 Å². The van der Waals surface area contributed by atoms with Crippen LogP contribution in [-0.4, -0.2) is 55.0 Å². The molecule has 0 spiro atoms. The van der Waals surface area contributed by atoms with E-state index in [0.29, 0.717) is 0 Å².